The Hall–Kier alpha value is -1.10. The highest BCUT2D eigenvalue weighted by Gasteiger charge is 2.01. The Kier molecular flexibility index (Phi) is 4.39. The molecule has 0 saturated heterocycles. The van der Waals surface area contributed by atoms with Crippen molar-refractivity contribution in [1.29, 1.82) is 0 Å². The molecule has 0 fully saturated rings. The molecular formula is C9H12BrN3O. The van der Waals surface area contributed by atoms with Crippen LogP contribution >= 0.6 is 15.9 Å². The third-order valence-electron chi connectivity index (χ3n) is 1.67. The minimum absolute atomic E-state index is 0.496. The molecule has 4 nitrogen and oxygen atoms in total. The summed E-state index contributed by atoms with van der Waals surface area (Å²) >= 11 is 3.33. The molecule has 1 aromatic heterocycles. The fourth-order valence-electron chi connectivity index (χ4n) is 1.04. The van der Waals surface area contributed by atoms with Gasteiger partial charge in [-0.15, -0.1) is 0 Å². The number of aldehydes is 1. The summed E-state index contributed by atoms with van der Waals surface area (Å²) in [7, 11) is 1.81. The van der Waals surface area contributed by atoms with Crippen molar-refractivity contribution in [3.05, 3.63) is 16.7 Å². The van der Waals surface area contributed by atoms with E-state index in [1.54, 1.807) is 13.2 Å². The van der Waals surface area contributed by atoms with Crippen LogP contribution in [0.25, 0.3) is 0 Å². The molecule has 0 radical (unpaired) electrons. The molecule has 0 spiro atoms. The van der Waals surface area contributed by atoms with Gasteiger partial charge in [0.25, 0.3) is 0 Å². The van der Waals surface area contributed by atoms with E-state index >= 15 is 0 Å². The SMILES string of the molecule is CNc1ncc(Br)cc1NCCC=O. The monoisotopic (exact) mass is 257 g/mol. The molecule has 0 aliphatic rings. The first-order chi connectivity index (χ1) is 6.77. The van der Waals surface area contributed by atoms with Crippen molar-refractivity contribution in [2.75, 3.05) is 24.2 Å². The molecule has 0 aliphatic heterocycles. The molecule has 0 amide bonds. The molecule has 76 valence electrons. The molecule has 0 bridgehead atoms. The van der Waals surface area contributed by atoms with Crippen molar-refractivity contribution in [1.82, 2.24) is 4.98 Å². The maximum Gasteiger partial charge on any atom is 0.149 e. The van der Waals surface area contributed by atoms with Crippen LogP contribution in [-0.2, 0) is 4.79 Å². The van der Waals surface area contributed by atoms with Gasteiger partial charge in [0.05, 0.1) is 5.69 Å². The quantitative estimate of drug-likeness (QED) is 0.625. The molecule has 5 heteroatoms. The summed E-state index contributed by atoms with van der Waals surface area (Å²) in [4.78, 5) is 14.3. The summed E-state index contributed by atoms with van der Waals surface area (Å²) in [5.74, 6) is 0.777. The van der Waals surface area contributed by atoms with E-state index < -0.39 is 0 Å². The van der Waals surface area contributed by atoms with E-state index in [2.05, 4.69) is 31.5 Å². The lowest BCUT2D eigenvalue weighted by molar-refractivity contribution is -0.107. The number of rotatable bonds is 5. The predicted molar refractivity (Wildman–Crippen MR) is 60.7 cm³/mol. The van der Waals surface area contributed by atoms with Crippen molar-refractivity contribution in [2.24, 2.45) is 0 Å². The van der Waals surface area contributed by atoms with E-state index in [1.807, 2.05) is 6.07 Å². The molecule has 0 aliphatic carbocycles. The maximum absolute atomic E-state index is 10.1. The van der Waals surface area contributed by atoms with Gasteiger partial charge in [-0.1, -0.05) is 0 Å². The van der Waals surface area contributed by atoms with Crippen LogP contribution in [0.2, 0.25) is 0 Å². The smallest absolute Gasteiger partial charge is 0.149 e. The second-order valence-corrected chi connectivity index (χ2v) is 3.60. The van der Waals surface area contributed by atoms with Gasteiger partial charge in [-0.2, -0.15) is 0 Å². The lowest BCUT2D eigenvalue weighted by Gasteiger charge is -2.09. The van der Waals surface area contributed by atoms with Crippen LogP contribution in [0.3, 0.4) is 0 Å². The summed E-state index contributed by atoms with van der Waals surface area (Å²) < 4.78 is 0.908. The number of halogens is 1. The average Bonchev–Trinajstić information content (AvgIpc) is 2.19. The fourth-order valence-corrected chi connectivity index (χ4v) is 1.37. The first-order valence-electron chi connectivity index (χ1n) is 4.28. The molecule has 0 saturated carbocycles. The van der Waals surface area contributed by atoms with Gasteiger partial charge in [0.1, 0.15) is 12.1 Å². The van der Waals surface area contributed by atoms with E-state index in [-0.39, 0.29) is 0 Å². The number of hydrogen-bond donors (Lipinski definition) is 2. The highest BCUT2D eigenvalue weighted by atomic mass is 79.9. The van der Waals surface area contributed by atoms with Crippen molar-refractivity contribution in [2.45, 2.75) is 6.42 Å². The Morgan fingerprint density at radius 1 is 1.64 bits per heavy atom. The van der Waals surface area contributed by atoms with Crippen LogP contribution < -0.4 is 10.6 Å². The van der Waals surface area contributed by atoms with Gasteiger partial charge in [-0.25, -0.2) is 4.98 Å². The zero-order valence-electron chi connectivity index (χ0n) is 7.88. The van der Waals surface area contributed by atoms with E-state index in [0.717, 1.165) is 22.3 Å². The second kappa shape index (κ2) is 5.59. The van der Waals surface area contributed by atoms with E-state index in [0.29, 0.717) is 13.0 Å². The van der Waals surface area contributed by atoms with Crippen molar-refractivity contribution in [3.8, 4) is 0 Å². The number of pyridine rings is 1. The van der Waals surface area contributed by atoms with E-state index in [4.69, 9.17) is 0 Å². The summed E-state index contributed by atoms with van der Waals surface area (Å²) in [6, 6.07) is 1.92. The number of nitrogens with zero attached hydrogens (tertiary/aromatic N) is 1. The first-order valence-corrected chi connectivity index (χ1v) is 5.08. The molecule has 1 aromatic rings. The number of aromatic nitrogens is 1. The average molecular weight is 258 g/mol. The van der Waals surface area contributed by atoms with Crippen LogP contribution in [0.4, 0.5) is 11.5 Å². The molecule has 2 N–H and O–H groups in total. The van der Waals surface area contributed by atoms with Gasteiger partial charge >= 0.3 is 0 Å². The molecule has 14 heavy (non-hydrogen) atoms. The van der Waals surface area contributed by atoms with Crippen LogP contribution in [0.1, 0.15) is 6.42 Å². The van der Waals surface area contributed by atoms with Crippen molar-refractivity contribution in [3.63, 3.8) is 0 Å². The molecule has 0 atom stereocenters. The Morgan fingerprint density at radius 2 is 2.43 bits per heavy atom. The Morgan fingerprint density at radius 3 is 3.07 bits per heavy atom. The first kappa shape index (κ1) is 11.0. The lowest BCUT2D eigenvalue weighted by Crippen LogP contribution is -2.05. The Balaban J connectivity index is 2.71. The highest BCUT2D eigenvalue weighted by molar-refractivity contribution is 9.10. The summed E-state index contributed by atoms with van der Waals surface area (Å²) in [6.45, 7) is 0.621. The molecule has 0 unspecified atom stereocenters. The fraction of sp³-hybridized carbons (Fsp3) is 0.333. The Bertz CT molecular complexity index is 317. The summed E-state index contributed by atoms with van der Waals surface area (Å²) in [5.41, 5.74) is 0.892. The summed E-state index contributed by atoms with van der Waals surface area (Å²) in [6.07, 6.45) is 3.10. The van der Waals surface area contributed by atoms with Gasteiger partial charge in [-0.05, 0) is 22.0 Å². The number of carbonyl (C=O) groups excluding carboxylic acids is 1. The zero-order chi connectivity index (χ0) is 10.4. The van der Waals surface area contributed by atoms with Gasteiger partial charge < -0.3 is 15.4 Å². The van der Waals surface area contributed by atoms with Gasteiger partial charge in [-0.3, -0.25) is 0 Å². The number of carbonyl (C=O) groups is 1. The minimum Gasteiger partial charge on any atom is -0.382 e. The van der Waals surface area contributed by atoms with E-state index in [9.17, 15) is 4.79 Å². The normalized spacial score (nSPS) is 9.57. The van der Waals surface area contributed by atoms with Crippen molar-refractivity contribution >= 4 is 33.7 Å². The van der Waals surface area contributed by atoms with Crippen molar-refractivity contribution < 1.29 is 4.79 Å². The molecular weight excluding hydrogens is 246 g/mol. The van der Waals surface area contributed by atoms with Crippen LogP contribution in [0, 0.1) is 0 Å². The van der Waals surface area contributed by atoms with Crippen LogP contribution in [-0.4, -0.2) is 24.9 Å². The zero-order valence-corrected chi connectivity index (χ0v) is 9.47. The molecule has 1 heterocycles. The Labute approximate surface area is 91.2 Å². The molecule has 1 rings (SSSR count). The summed E-state index contributed by atoms with van der Waals surface area (Å²) in [5, 5.41) is 6.09. The number of hydrogen-bond acceptors (Lipinski definition) is 4. The standard InChI is InChI=1S/C9H12BrN3O/c1-11-9-8(12-3-2-4-14)5-7(10)6-13-9/h4-6,12H,2-3H2,1H3,(H,11,13). The van der Waals surface area contributed by atoms with Crippen LogP contribution in [0.15, 0.2) is 16.7 Å². The molecule has 0 aromatic carbocycles. The number of anilines is 2. The largest absolute Gasteiger partial charge is 0.382 e. The van der Waals surface area contributed by atoms with Gasteiger partial charge in [0.15, 0.2) is 0 Å². The van der Waals surface area contributed by atoms with E-state index in [1.165, 1.54) is 0 Å². The lowest BCUT2D eigenvalue weighted by atomic mass is 10.3. The topological polar surface area (TPSA) is 54.0 Å². The van der Waals surface area contributed by atoms with Gasteiger partial charge in [0, 0.05) is 30.7 Å². The third kappa shape index (κ3) is 2.99. The minimum atomic E-state index is 0.496. The second-order valence-electron chi connectivity index (χ2n) is 2.68. The van der Waals surface area contributed by atoms with Crippen LogP contribution in [0.5, 0.6) is 0 Å². The predicted octanol–water partition coefficient (Wildman–Crippen LogP) is 1.89. The van der Waals surface area contributed by atoms with Gasteiger partial charge in [0.2, 0.25) is 0 Å². The maximum atomic E-state index is 10.1. The third-order valence-corrected chi connectivity index (χ3v) is 2.10. The number of nitrogens with one attached hydrogen (secondary N) is 2. The highest BCUT2D eigenvalue weighted by Crippen LogP contribution is 2.22.